The van der Waals surface area contributed by atoms with E-state index in [0.29, 0.717) is 11.8 Å². The molecule has 0 radical (unpaired) electrons. The fourth-order valence-electron chi connectivity index (χ4n) is 3.34. The molecule has 20 heavy (non-hydrogen) atoms. The summed E-state index contributed by atoms with van der Waals surface area (Å²) >= 11 is 0. The number of rotatable bonds is 3. The normalized spacial score (nSPS) is 23.8. The second-order valence-electron chi connectivity index (χ2n) is 5.77. The Morgan fingerprint density at radius 3 is 3.15 bits per heavy atom. The Hall–Kier alpha value is -1.37. The molecule has 1 atom stereocenters. The number of hydrazine groups is 1. The van der Waals surface area contributed by atoms with Gasteiger partial charge >= 0.3 is 5.91 Å². The fraction of sp³-hybridized carbons (Fsp3) is 0.643. The van der Waals surface area contributed by atoms with Gasteiger partial charge in [0.1, 0.15) is 5.76 Å². The van der Waals surface area contributed by atoms with Crippen molar-refractivity contribution >= 4 is 5.91 Å². The number of amides is 1. The zero-order valence-electron chi connectivity index (χ0n) is 11.9. The summed E-state index contributed by atoms with van der Waals surface area (Å²) in [4.78, 5) is 16.5. The highest BCUT2D eigenvalue weighted by molar-refractivity contribution is 5.92. The van der Waals surface area contributed by atoms with Crippen molar-refractivity contribution in [3.05, 3.63) is 23.2 Å². The molecule has 3 N–H and O–H groups in total. The summed E-state index contributed by atoms with van der Waals surface area (Å²) in [6, 6.07) is 2.64. The first-order valence-corrected chi connectivity index (χ1v) is 7.24. The van der Waals surface area contributed by atoms with Crippen LogP contribution in [-0.4, -0.2) is 47.9 Å². The van der Waals surface area contributed by atoms with E-state index >= 15 is 0 Å². The number of furan rings is 1. The van der Waals surface area contributed by atoms with Gasteiger partial charge in [0.05, 0.1) is 6.54 Å². The van der Waals surface area contributed by atoms with Crippen LogP contribution in [0.2, 0.25) is 0 Å². The van der Waals surface area contributed by atoms with Gasteiger partial charge in [0, 0.05) is 31.2 Å². The number of hydrogen-bond donors (Lipinski definition) is 2. The molecule has 0 bridgehead atoms. The monoisotopic (exact) mass is 278 g/mol. The van der Waals surface area contributed by atoms with Crippen molar-refractivity contribution < 1.29 is 9.21 Å². The molecule has 3 heterocycles. The molecule has 2 aliphatic heterocycles. The van der Waals surface area contributed by atoms with Gasteiger partial charge in [-0.15, -0.1) is 0 Å². The molecule has 0 spiro atoms. The first-order valence-electron chi connectivity index (χ1n) is 7.24. The Morgan fingerprint density at radius 2 is 2.35 bits per heavy atom. The Bertz CT molecular complexity index is 499. The number of fused-ring (bicyclic) bond motifs is 1. The highest BCUT2D eigenvalue weighted by atomic mass is 16.4. The summed E-state index contributed by atoms with van der Waals surface area (Å²) in [5.41, 5.74) is 2.95. The van der Waals surface area contributed by atoms with Gasteiger partial charge in [0.2, 0.25) is 0 Å². The maximum atomic E-state index is 11.5. The van der Waals surface area contributed by atoms with E-state index in [9.17, 15) is 4.79 Å². The van der Waals surface area contributed by atoms with Crippen molar-refractivity contribution in [1.82, 2.24) is 15.2 Å². The van der Waals surface area contributed by atoms with Crippen molar-refractivity contribution in [3.63, 3.8) is 0 Å². The lowest BCUT2D eigenvalue weighted by Gasteiger charge is -2.37. The van der Waals surface area contributed by atoms with Crippen LogP contribution in [0.25, 0.3) is 0 Å². The number of nitrogens with two attached hydrogens (primary N) is 1. The van der Waals surface area contributed by atoms with E-state index in [0.717, 1.165) is 37.5 Å². The largest absolute Gasteiger partial charge is 0.454 e. The van der Waals surface area contributed by atoms with E-state index in [1.54, 1.807) is 0 Å². The maximum Gasteiger partial charge on any atom is 0.301 e. The number of carbonyl (C=O) groups is 1. The molecule has 0 saturated carbocycles. The standard InChI is InChI=1S/C14H22N4O2/c1-10-7-12(20-13(10)14(19)16-15)9-17-5-6-18-4-2-3-11(18)8-17/h7,11H,2-6,8-9,15H2,1H3,(H,16,19). The van der Waals surface area contributed by atoms with Crippen LogP contribution in [0.1, 0.15) is 34.7 Å². The van der Waals surface area contributed by atoms with Crippen molar-refractivity contribution in [2.24, 2.45) is 5.84 Å². The number of piperazine rings is 1. The third kappa shape index (κ3) is 2.59. The molecule has 2 aliphatic rings. The minimum Gasteiger partial charge on any atom is -0.454 e. The number of nitrogens with zero attached hydrogens (tertiary/aromatic N) is 2. The molecule has 110 valence electrons. The Balaban J connectivity index is 1.64. The molecule has 1 amide bonds. The third-order valence-corrected chi connectivity index (χ3v) is 4.36. The van der Waals surface area contributed by atoms with Crippen LogP contribution in [0, 0.1) is 6.92 Å². The highest BCUT2D eigenvalue weighted by Gasteiger charge is 2.30. The number of hydrogen-bond acceptors (Lipinski definition) is 5. The smallest absolute Gasteiger partial charge is 0.301 e. The number of nitrogen functional groups attached to an aromatic ring is 1. The molecule has 1 aromatic heterocycles. The van der Waals surface area contributed by atoms with Crippen LogP contribution in [0.3, 0.4) is 0 Å². The zero-order chi connectivity index (χ0) is 14.1. The SMILES string of the molecule is Cc1cc(CN2CCN3CCCC3C2)oc1C(=O)NN. The zero-order valence-corrected chi connectivity index (χ0v) is 11.9. The van der Waals surface area contributed by atoms with Crippen molar-refractivity contribution in [2.75, 3.05) is 26.2 Å². The molecule has 6 heteroatoms. The number of nitrogens with one attached hydrogen (secondary N) is 1. The summed E-state index contributed by atoms with van der Waals surface area (Å²) in [7, 11) is 0. The van der Waals surface area contributed by atoms with Gasteiger partial charge in [0.25, 0.3) is 0 Å². The second-order valence-corrected chi connectivity index (χ2v) is 5.77. The molecule has 3 rings (SSSR count). The molecule has 2 saturated heterocycles. The third-order valence-electron chi connectivity index (χ3n) is 4.36. The van der Waals surface area contributed by atoms with E-state index in [2.05, 4.69) is 15.2 Å². The van der Waals surface area contributed by atoms with E-state index in [1.165, 1.54) is 19.4 Å². The minimum atomic E-state index is -0.366. The minimum absolute atomic E-state index is 0.321. The predicted octanol–water partition coefficient (Wildman–Crippen LogP) is 0.472. The quantitative estimate of drug-likeness (QED) is 0.478. The number of aryl methyl sites for hydroxylation is 1. The van der Waals surface area contributed by atoms with Gasteiger partial charge in [-0.25, -0.2) is 5.84 Å². The molecule has 6 nitrogen and oxygen atoms in total. The second kappa shape index (κ2) is 5.55. The van der Waals surface area contributed by atoms with Crippen LogP contribution in [0.5, 0.6) is 0 Å². The summed E-state index contributed by atoms with van der Waals surface area (Å²) in [5.74, 6) is 5.94. The van der Waals surface area contributed by atoms with E-state index in [1.807, 2.05) is 13.0 Å². The lowest BCUT2D eigenvalue weighted by Crippen LogP contribution is -2.49. The lowest BCUT2D eigenvalue weighted by atomic mass is 10.1. The van der Waals surface area contributed by atoms with Gasteiger partial charge < -0.3 is 4.42 Å². The number of carbonyl (C=O) groups excluding carboxylic acids is 1. The maximum absolute atomic E-state index is 11.5. The van der Waals surface area contributed by atoms with Crippen LogP contribution in [-0.2, 0) is 6.54 Å². The topological polar surface area (TPSA) is 74.7 Å². The Labute approximate surface area is 118 Å². The van der Waals surface area contributed by atoms with Crippen LogP contribution >= 0.6 is 0 Å². The first kappa shape index (κ1) is 13.6. The lowest BCUT2D eigenvalue weighted by molar-refractivity contribution is 0.0884. The average Bonchev–Trinajstić information content (AvgIpc) is 3.04. The predicted molar refractivity (Wildman–Crippen MR) is 75.0 cm³/mol. The van der Waals surface area contributed by atoms with Gasteiger partial charge in [0.15, 0.2) is 5.76 Å². The Morgan fingerprint density at radius 1 is 1.50 bits per heavy atom. The molecule has 0 aliphatic carbocycles. The van der Waals surface area contributed by atoms with Crippen molar-refractivity contribution in [1.29, 1.82) is 0 Å². The van der Waals surface area contributed by atoms with Gasteiger partial charge in [-0.2, -0.15) is 0 Å². The van der Waals surface area contributed by atoms with Gasteiger partial charge in [-0.3, -0.25) is 20.0 Å². The fourth-order valence-corrected chi connectivity index (χ4v) is 3.34. The van der Waals surface area contributed by atoms with E-state index in [-0.39, 0.29) is 5.91 Å². The summed E-state index contributed by atoms with van der Waals surface area (Å²) in [6.07, 6.45) is 2.62. The van der Waals surface area contributed by atoms with Gasteiger partial charge in [-0.1, -0.05) is 0 Å². The molecule has 1 aromatic rings. The van der Waals surface area contributed by atoms with Crippen molar-refractivity contribution in [2.45, 2.75) is 32.4 Å². The molecule has 0 aromatic carbocycles. The van der Waals surface area contributed by atoms with Crippen LogP contribution in [0.4, 0.5) is 0 Å². The molecular weight excluding hydrogens is 256 g/mol. The molecular formula is C14H22N4O2. The Kier molecular flexibility index (Phi) is 3.78. The highest BCUT2D eigenvalue weighted by Crippen LogP contribution is 2.23. The van der Waals surface area contributed by atoms with Crippen LogP contribution < -0.4 is 11.3 Å². The summed E-state index contributed by atoms with van der Waals surface area (Å²) in [6.45, 7) is 7.18. The molecule has 1 unspecified atom stereocenters. The first-order chi connectivity index (χ1) is 9.67. The summed E-state index contributed by atoms with van der Waals surface area (Å²) in [5, 5.41) is 0. The van der Waals surface area contributed by atoms with E-state index in [4.69, 9.17) is 10.3 Å². The van der Waals surface area contributed by atoms with E-state index < -0.39 is 0 Å². The van der Waals surface area contributed by atoms with Gasteiger partial charge in [-0.05, 0) is 32.4 Å². The summed E-state index contributed by atoms with van der Waals surface area (Å²) < 4.78 is 5.63. The van der Waals surface area contributed by atoms with Crippen molar-refractivity contribution in [3.8, 4) is 0 Å². The molecule has 2 fully saturated rings. The average molecular weight is 278 g/mol. The van der Waals surface area contributed by atoms with Crippen LogP contribution in [0.15, 0.2) is 10.5 Å².